The van der Waals surface area contributed by atoms with Crippen molar-refractivity contribution in [1.82, 2.24) is 10.2 Å². The monoisotopic (exact) mass is 339 g/mol. The Hall–Kier alpha value is -1.59. The second kappa shape index (κ2) is 8.89. The topological polar surface area (TPSA) is 75.4 Å². The molecular formula is C17H26ClN3O2. The van der Waals surface area contributed by atoms with Crippen LogP contribution >= 0.6 is 12.4 Å². The predicted octanol–water partition coefficient (Wildman–Crippen LogP) is 2.06. The molecule has 0 heterocycles. The first-order valence-electron chi connectivity index (χ1n) is 7.99. The lowest BCUT2D eigenvalue weighted by Gasteiger charge is -2.18. The smallest absolute Gasteiger partial charge is 0.253 e. The molecule has 1 aliphatic carbocycles. The maximum absolute atomic E-state index is 12.2. The molecule has 1 aromatic rings. The third-order valence-corrected chi connectivity index (χ3v) is 4.17. The summed E-state index contributed by atoms with van der Waals surface area (Å²) in [4.78, 5) is 26.0. The first-order chi connectivity index (χ1) is 10.6. The molecule has 6 heteroatoms. The Labute approximate surface area is 144 Å². The predicted molar refractivity (Wildman–Crippen MR) is 94.0 cm³/mol. The molecule has 1 aromatic carbocycles. The highest BCUT2D eigenvalue weighted by atomic mass is 35.5. The minimum Gasteiger partial charge on any atom is -0.350 e. The minimum atomic E-state index is -0.141. The molecule has 3 N–H and O–H groups in total. The molecule has 2 amide bonds. The van der Waals surface area contributed by atoms with Gasteiger partial charge in [-0.05, 0) is 56.9 Å². The Bertz CT molecular complexity index is 525. The summed E-state index contributed by atoms with van der Waals surface area (Å²) in [5, 5.41) is 2.85. The molecule has 0 radical (unpaired) electrons. The van der Waals surface area contributed by atoms with Crippen molar-refractivity contribution in [2.75, 3.05) is 19.6 Å². The van der Waals surface area contributed by atoms with Crippen molar-refractivity contribution in [3.05, 3.63) is 35.4 Å². The lowest BCUT2D eigenvalue weighted by atomic mass is 10.1. The second-order valence-electron chi connectivity index (χ2n) is 5.77. The summed E-state index contributed by atoms with van der Waals surface area (Å²) >= 11 is 0. The summed E-state index contributed by atoms with van der Waals surface area (Å²) in [6.45, 7) is 5.76. The Morgan fingerprint density at radius 2 is 1.70 bits per heavy atom. The average molecular weight is 340 g/mol. The quantitative estimate of drug-likeness (QED) is 0.798. The molecule has 5 nitrogen and oxygen atoms in total. The van der Waals surface area contributed by atoms with Crippen LogP contribution in [-0.2, 0) is 0 Å². The van der Waals surface area contributed by atoms with Gasteiger partial charge in [0.15, 0.2) is 0 Å². The Balaban J connectivity index is 0.00000264. The Kier molecular flexibility index (Phi) is 7.52. The number of halogens is 1. The van der Waals surface area contributed by atoms with Gasteiger partial charge in [0.2, 0.25) is 0 Å². The van der Waals surface area contributed by atoms with Gasteiger partial charge in [-0.1, -0.05) is 0 Å². The third-order valence-electron chi connectivity index (χ3n) is 4.17. The zero-order valence-electron chi connectivity index (χ0n) is 13.7. The summed E-state index contributed by atoms with van der Waals surface area (Å²) in [6, 6.07) is 6.84. The van der Waals surface area contributed by atoms with Gasteiger partial charge in [0, 0.05) is 36.8 Å². The summed E-state index contributed by atoms with van der Waals surface area (Å²) in [6.07, 6.45) is 2.33. The zero-order chi connectivity index (χ0) is 16.1. The molecule has 1 saturated carbocycles. The van der Waals surface area contributed by atoms with Crippen LogP contribution in [0.1, 0.15) is 47.4 Å². The van der Waals surface area contributed by atoms with E-state index in [0.29, 0.717) is 36.7 Å². The number of hydrogen-bond donors (Lipinski definition) is 2. The summed E-state index contributed by atoms with van der Waals surface area (Å²) in [7, 11) is 0. The third kappa shape index (κ3) is 5.22. The van der Waals surface area contributed by atoms with Crippen molar-refractivity contribution < 1.29 is 9.59 Å². The molecule has 0 bridgehead atoms. The van der Waals surface area contributed by atoms with Crippen LogP contribution in [0.25, 0.3) is 0 Å². The molecule has 128 valence electrons. The number of nitrogens with two attached hydrogens (primary N) is 1. The summed E-state index contributed by atoms with van der Waals surface area (Å²) < 4.78 is 0. The SMILES string of the molecule is CCN(CC)C(=O)c1ccc(C(=O)NCC(N)C2CC2)cc1.Cl. The molecule has 0 aliphatic heterocycles. The fraction of sp³-hybridized carbons (Fsp3) is 0.529. The van der Waals surface area contributed by atoms with Gasteiger partial charge in [-0.3, -0.25) is 9.59 Å². The van der Waals surface area contributed by atoms with Gasteiger partial charge in [0.25, 0.3) is 11.8 Å². The molecule has 1 atom stereocenters. The molecule has 1 aliphatic rings. The van der Waals surface area contributed by atoms with Crippen LogP contribution in [0.3, 0.4) is 0 Å². The highest BCUT2D eigenvalue weighted by Crippen LogP contribution is 2.31. The zero-order valence-corrected chi connectivity index (χ0v) is 14.6. The van der Waals surface area contributed by atoms with Gasteiger partial charge in [-0.2, -0.15) is 0 Å². The van der Waals surface area contributed by atoms with E-state index in [1.54, 1.807) is 29.2 Å². The van der Waals surface area contributed by atoms with E-state index in [2.05, 4.69) is 5.32 Å². The van der Waals surface area contributed by atoms with Gasteiger partial charge >= 0.3 is 0 Å². The number of carbonyl (C=O) groups excluding carboxylic acids is 2. The number of nitrogens with one attached hydrogen (secondary N) is 1. The fourth-order valence-corrected chi connectivity index (χ4v) is 2.46. The molecular weight excluding hydrogens is 314 g/mol. The molecule has 0 aromatic heterocycles. The Morgan fingerprint density at radius 1 is 1.17 bits per heavy atom. The molecule has 1 unspecified atom stereocenters. The van der Waals surface area contributed by atoms with Crippen molar-refractivity contribution in [2.24, 2.45) is 11.7 Å². The minimum absolute atomic E-state index is 0. The molecule has 23 heavy (non-hydrogen) atoms. The van der Waals surface area contributed by atoms with E-state index in [0.717, 1.165) is 0 Å². The first-order valence-corrected chi connectivity index (χ1v) is 7.99. The van der Waals surface area contributed by atoms with Crippen LogP contribution in [0, 0.1) is 5.92 Å². The maximum atomic E-state index is 12.2. The van der Waals surface area contributed by atoms with Crippen LogP contribution in [-0.4, -0.2) is 42.4 Å². The molecule has 0 spiro atoms. The van der Waals surface area contributed by atoms with Crippen molar-refractivity contribution in [3.63, 3.8) is 0 Å². The van der Waals surface area contributed by atoms with Gasteiger partial charge in [0.1, 0.15) is 0 Å². The fourth-order valence-electron chi connectivity index (χ4n) is 2.46. The largest absolute Gasteiger partial charge is 0.350 e. The van der Waals surface area contributed by atoms with Crippen LogP contribution in [0.2, 0.25) is 0 Å². The van der Waals surface area contributed by atoms with Crippen molar-refractivity contribution in [1.29, 1.82) is 0 Å². The first kappa shape index (κ1) is 19.5. The number of benzene rings is 1. The Morgan fingerprint density at radius 3 is 2.17 bits per heavy atom. The van der Waals surface area contributed by atoms with E-state index in [-0.39, 0.29) is 30.3 Å². The lowest BCUT2D eigenvalue weighted by Crippen LogP contribution is -2.38. The maximum Gasteiger partial charge on any atom is 0.253 e. The molecule has 1 fully saturated rings. The molecule has 2 rings (SSSR count). The van der Waals surface area contributed by atoms with Gasteiger partial charge in [0.05, 0.1) is 0 Å². The highest BCUT2D eigenvalue weighted by Gasteiger charge is 2.28. The lowest BCUT2D eigenvalue weighted by molar-refractivity contribution is 0.0772. The van der Waals surface area contributed by atoms with E-state index >= 15 is 0 Å². The van der Waals surface area contributed by atoms with Crippen LogP contribution < -0.4 is 11.1 Å². The van der Waals surface area contributed by atoms with E-state index in [1.807, 2.05) is 13.8 Å². The molecule has 0 saturated heterocycles. The summed E-state index contributed by atoms with van der Waals surface area (Å²) in [5.41, 5.74) is 7.13. The number of nitrogens with zero attached hydrogens (tertiary/aromatic N) is 1. The van der Waals surface area contributed by atoms with Gasteiger partial charge in [-0.25, -0.2) is 0 Å². The normalized spacial score (nSPS) is 14.6. The number of amides is 2. The van der Waals surface area contributed by atoms with E-state index in [1.165, 1.54) is 12.8 Å². The van der Waals surface area contributed by atoms with Crippen molar-refractivity contribution in [3.8, 4) is 0 Å². The van der Waals surface area contributed by atoms with E-state index in [9.17, 15) is 9.59 Å². The number of carbonyl (C=O) groups is 2. The number of hydrogen-bond acceptors (Lipinski definition) is 3. The highest BCUT2D eigenvalue weighted by molar-refractivity contribution is 5.97. The van der Waals surface area contributed by atoms with Crippen LogP contribution in [0.15, 0.2) is 24.3 Å². The van der Waals surface area contributed by atoms with Gasteiger partial charge < -0.3 is 16.0 Å². The average Bonchev–Trinajstić information content (AvgIpc) is 3.38. The van der Waals surface area contributed by atoms with E-state index < -0.39 is 0 Å². The number of rotatable bonds is 7. The standard InChI is InChI=1S/C17H25N3O2.ClH/c1-3-20(4-2)17(22)14-9-7-13(8-10-14)16(21)19-11-15(18)12-5-6-12;/h7-10,12,15H,3-6,11,18H2,1-2H3,(H,19,21);1H. The van der Waals surface area contributed by atoms with Crippen LogP contribution in [0.4, 0.5) is 0 Å². The second-order valence-corrected chi connectivity index (χ2v) is 5.77. The van der Waals surface area contributed by atoms with Crippen LogP contribution in [0.5, 0.6) is 0 Å². The van der Waals surface area contributed by atoms with Crippen molar-refractivity contribution in [2.45, 2.75) is 32.7 Å². The summed E-state index contributed by atoms with van der Waals surface area (Å²) in [5.74, 6) is 0.417. The van der Waals surface area contributed by atoms with E-state index in [4.69, 9.17) is 5.73 Å². The van der Waals surface area contributed by atoms with Gasteiger partial charge in [-0.15, -0.1) is 12.4 Å². The van der Waals surface area contributed by atoms with Crippen molar-refractivity contribution >= 4 is 24.2 Å².